The summed E-state index contributed by atoms with van der Waals surface area (Å²) in [6.45, 7) is -0.696. The SMILES string of the molecule is O=c1ccn([C@@H]2O[C@@](COCc3ccccc3)(CC(F)(F)F)[C@@H](OCc3ccccc3)[C@H]2O)c(=O)[nH]1. The second kappa shape index (κ2) is 10.8. The lowest BCUT2D eigenvalue weighted by atomic mass is 9.91. The van der Waals surface area contributed by atoms with Gasteiger partial charge in [-0.15, -0.1) is 0 Å². The molecule has 2 aromatic carbocycles. The average molecular weight is 506 g/mol. The second-order valence-electron chi connectivity index (χ2n) is 8.57. The van der Waals surface area contributed by atoms with Crippen molar-refractivity contribution in [3.8, 4) is 0 Å². The van der Waals surface area contributed by atoms with E-state index >= 15 is 0 Å². The Morgan fingerprint density at radius 1 is 0.972 bits per heavy atom. The van der Waals surface area contributed by atoms with Crippen molar-refractivity contribution >= 4 is 0 Å². The molecule has 4 rings (SSSR count). The van der Waals surface area contributed by atoms with Gasteiger partial charge >= 0.3 is 11.9 Å². The number of ether oxygens (including phenoxy) is 3. The summed E-state index contributed by atoms with van der Waals surface area (Å²) in [5.74, 6) is 0. The van der Waals surface area contributed by atoms with E-state index in [4.69, 9.17) is 14.2 Å². The van der Waals surface area contributed by atoms with Crippen LogP contribution in [0.1, 0.15) is 23.8 Å². The van der Waals surface area contributed by atoms with Crippen LogP contribution in [0.25, 0.3) is 0 Å². The lowest BCUT2D eigenvalue weighted by Gasteiger charge is -2.35. The van der Waals surface area contributed by atoms with Gasteiger partial charge in [-0.05, 0) is 11.1 Å². The van der Waals surface area contributed by atoms with Crippen molar-refractivity contribution in [2.75, 3.05) is 6.61 Å². The van der Waals surface area contributed by atoms with Gasteiger partial charge in [-0.3, -0.25) is 14.3 Å². The molecule has 192 valence electrons. The number of aromatic nitrogens is 2. The number of aliphatic hydroxyl groups is 1. The van der Waals surface area contributed by atoms with Gasteiger partial charge in [-0.1, -0.05) is 60.7 Å². The molecule has 0 bridgehead atoms. The highest BCUT2D eigenvalue weighted by Crippen LogP contribution is 2.45. The minimum absolute atomic E-state index is 0.00538. The predicted octanol–water partition coefficient (Wildman–Crippen LogP) is 2.92. The topological polar surface area (TPSA) is 103 Å². The Hall–Kier alpha value is -3.25. The van der Waals surface area contributed by atoms with Gasteiger partial charge in [0, 0.05) is 12.3 Å². The molecule has 11 heteroatoms. The second-order valence-corrected chi connectivity index (χ2v) is 8.57. The number of aliphatic hydroxyl groups excluding tert-OH is 1. The Morgan fingerprint density at radius 2 is 1.58 bits per heavy atom. The Labute approximate surface area is 203 Å². The third-order valence-electron chi connectivity index (χ3n) is 5.83. The standard InChI is InChI=1S/C25H25F3N2O6/c26-25(27,28)15-24(16-34-13-17-7-3-1-4-8-17)21(35-14-18-9-5-2-6-10-18)20(32)22(36-24)30-12-11-19(31)29-23(30)33/h1-12,20-22,32H,13-16H2,(H,29,31,33)/t20-,21+,22-,24-/m1/s1. The number of rotatable bonds is 9. The van der Waals surface area contributed by atoms with Gasteiger partial charge in [0.05, 0.1) is 26.2 Å². The number of H-pyrrole nitrogens is 1. The van der Waals surface area contributed by atoms with E-state index in [1.165, 1.54) is 0 Å². The fraction of sp³-hybridized carbons (Fsp3) is 0.360. The molecule has 0 aliphatic carbocycles. The normalized spacial score (nSPS) is 24.2. The molecule has 0 unspecified atom stereocenters. The fourth-order valence-electron chi connectivity index (χ4n) is 4.26. The van der Waals surface area contributed by atoms with Crippen molar-refractivity contribution in [3.63, 3.8) is 0 Å². The summed E-state index contributed by atoms with van der Waals surface area (Å²) >= 11 is 0. The number of alkyl halides is 3. The van der Waals surface area contributed by atoms with Gasteiger partial charge in [-0.2, -0.15) is 13.2 Å². The fourth-order valence-corrected chi connectivity index (χ4v) is 4.26. The summed E-state index contributed by atoms with van der Waals surface area (Å²) in [5.41, 5.74) is -2.43. The van der Waals surface area contributed by atoms with Gasteiger partial charge < -0.3 is 19.3 Å². The molecule has 0 saturated carbocycles. The first kappa shape index (κ1) is 25.8. The number of halogens is 3. The molecule has 0 radical (unpaired) electrons. The molecule has 1 aromatic heterocycles. The Morgan fingerprint density at radius 3 is 2.17 bits per heavy atom. The number of hydrogen-bond acceptors (Lipinski definition) is 6. The van der Waals surface area contributed by atoms with Gasteiger partial charge in [0.15, 0.2) is 6.23 Å². The van der Waals surface area contributed by atoms with Gasteiger partial charge in [-0.25, -0.2) is 4.79 Å². The van der Waals surface area contributed by atoms with E-state index < -0.39 is 54.5 Å². The van der Waals surface area contributed by atoms with Crippen molar-refractivity contribution < 1.29 is 32.5 Å². The first-order chi connectivity index (χ1) is 17.2. The van der Waals surface area contributed by atoms with Crippen molar-refractivity contribution in [1.82, 2.24) is 9.55 Å². The molecule has 1 aliphatic rings. The van der Waals surface area contributed by atoms with E-state index in [1.807, 2.05) is 4.98 Å². The van der Waals surface area contributed by atoms with Crippen LogP contribution in [0.3, 0.4) is 0 Å². The van der Waals surface area contributed by atoms with E-state index in [0.717, 1.165) is 22.4 Å². The van der Waals surface area contributed by atoms with Crippen molar-refractivity contribution in [2.45, 2.75) is 49.8 Å². The molecule has 2 heterocycles. The van der Waals surface area contributed by atoms with E-state index in [1.54, 1.807) is 60.7 Å². The van der Waals surface area contributed by atoms with E-state index in [9.17, 15) is 27.9 Å². The predicted molar refractivity (Wildman–Crippen MR) is 122 cm³/mol. The molecule has 1 fully saturated rings. The number of nitrogens with one attached hydrogen (secondary N) is 1. The number of benzene rings is 2. The summed E-state index contributed by atoms with van der Waals surface area (Å²) in [6, 6.07) is 18.6. The Balaban J connectivity index is 1.67. The molecule has 36 heavy (non-hydrogen) atoms. The van der Waals surface area contributed by atoms with Gasteiger partial charge in [0.2, 0.25) is 0 Å². The number of aromatic amines is 1. The van der Waals surface area contributed by atoms with Crippen LogP contribution >= 0.6 is 0 Å². The summed E-state index contributed by atoms with van der Waals surface area (Å²) in [5, 5.41) is 11.1. The zero-order valence-electron chi connectivity index (χ0n) is 19.1. The van der Waals surface area contributed by atoms with E-state index in [0.29, 0.717) is 5.56 Å². The minimum Gasteiger partial charge on any atom is -0.386 e. The molecule has 1 saturated heterocycles. The Bertz CT molecular complexity index is 1250. The van der Waals surface area contributed by atoms with Crippen LogP contribution in [0.2, 0.25) is 0 Å². The first-order valence-electron chi connectivity index (χ1n) is 11.2. The summed E-state index contributed by atoms with van der Waals surface area (Å²) in [6.07, 6.45) is -9.91. The maximum atomic E-state index is 13.8. The van der Waals surface area contributed by atoms with Crippen LogP contribution in [0.15, 0.2) is 82.5 Å². The smallest absolute Gasteiger partial charge is 0.386 e. The van der Waals surface area contributed by atoms with Crippen molar-refractivity contribution in [3.05, 3.63) is 105 Å². The van der Waals surface area contributed by atoms with Crippen LogP contribution in [-0.4, -0.2) is 45.2 Å². The monoisotopic (exact) mass is 506 g/mol. The average Bonchev–Trinajstić information content (AvgIpc) is 3.08. The zero-order chi connectivity index (χ0) is 25.8. The molecular formula is C25H25F3N2O6. The van der Waals surface area contributed by atoms with Crippen molar-refractivity contribution in [2.24, 2.45) is 0 Å². The van der Waals surface area contributed by atoms with Crippen LogP contribution in [-0.2, 0) is 27.4 Å². The van der Waals surface area contributed by atoms with Crippen LogP contribution in [0.4, 0.5) is 13.2 Å². The Kier molecular flexibility index (Phi) is 7.74. The maximum Gasteiger partial charge on any atom is 0.392 e. The minimum atomic E-state index is -4.71. The molecule has 1 aliphatic heterocycles. The lowest BCUT2D eigenvalue weighted by molar-refractivity contribution is -0.227. The molecule has 2 N–H and O–H groups in total. The highest BCUT2D eigenvalue weighted by molar-refractivity contribution is 5.15. The zero-order valence-corrected chi connectivity index (χ0v) is 19.1. The molecular weight excluding hydrogens is 481 g/mol. The van der Waals surface area contributed by atoms with E-state index in [2.05, 4.69) is 0 Å². The maximum absolute atomic E-state index is 13.8. The highest BCUT2D eigenvalue weighted by atomic mass is 19.4. The van der Waals surface area contributed by atoms with Crippen LogP contribution in [0.5, 0.6) is 0 Å². The third kappa shape index (κ3) is 6.11. The highest BCUT2D eigenvalue weighted by Gasteiger charge is 2.60. The van der Waals surface area contributed by atoms with Gasteiger partial charge in [0.1, 0.15) is 17.8 Å². The summed E-state index contributed by atoms with van der Waals surface area (Å²) in [7, 11) is 0. The molecule has 0 amide bonds. The molecule has 8 nitrogen and oxygen atoms in total. The summed E-state index contributed by atoms with van der Waals surface area (Å²) in [4.78, 5) is 25.9. The quantitative estimate of drug-likeness (QED) is 0.463. The lowest BCUT2D eigenvalue weighted by Crippen LogP contribution is -2.51. The number of nitrogens with zero attached hydrogens (tertiary/aromatic N) is 1. The van der Waals surface area contributed by atoms with E-state index in [-0.39, 0.29) is 13.2 Å². The first-order valence-corrected chi connectivity index (χ1v) is 11.2. The van der Waals surface area contributed by atoms with Crippen LogP contribution < -0.4 is 11.2 Å². The van der Waals surface area contributed by atoms with Gasteiger partial charge in [0.25, 0.3) is 5.56 Å². The van der Waals surface area contributed by atoms with Crippen LogP contribution in [0, 0.1) is 0 Å². The summed E-state index contributed by atoms with van der Waals surface area (Å²) < 4.78 is 59.7. The largest absolute Gasteiger partial charge is 0.392 e. The molecule has 3 aromatic rings. The number of hydrogen-bond donors (Lipinski definition) is 2. The van der Waals surface area contributed by atoms with Crippen molar-refractivity contribution in [1.29, 1.82) is 0 Å². The molecule has 0 spiro atoms. The molecule has 4 atom stereocenters. The third-order valence-corrected chi connectivity index (χ3v) is 5.83.